The highest BCUT2D eigenvalue weighted by Gasteiger charge is 2.35. The van der Waals surface area contributed by atoms with Gasteiger partial charge in [-0.1, -0.05) is 88.4 Å². The fourth-order valence-electron chi connectivity index (χ4n) is 6.05. The summed E-state index contributed by atoms with van der Waals surface area (Å²) in [5.74, 6) is -1.58. The molecule has 1 saturated heterocycles. The summed E-state index contributed by atoms with van der Waals surface area (Å²) in [6, 6.07) is 21.7. The summed E-state index contributed by atoms with van der Waals surface area (Å²) >= 11 is 0. The summed E-state index contributed by atoms with van der Waals surface area (Å²) in [7, 11) is 0. The second-order valence-corrected chi connectivity index (χ2v) is 14.8. The summed E-state index contributed by atoms with van der Waals surface area (Å²) in [5, 5.41) is 14.9. The minimum Gasteiger partial charge on any atom is -0.449 e. The van der Waals surface area contributed by atoms with Crippen molar-refractivity contribution in [1.29, 1.82) is 0 Å². The Morgan fingerprint density at radius 3 is 2.02 bits per heavy atom. The van der Waals surface area contributed by atoms with Crippen molar-refractivity contribution < 1.29 is 28.7 Å². The predicted octanol–water partition coefficient (Wildman–Crippen LogP) is 4.76. The average molecular weight is 727 g/mol. The van der Waals surface area contributed by atoms with E-state index in [4.69, 9.17) is 4.74 Å². The van der Waals surface area contributed by atoms with Crippen molar-refractivity contribution in [2.24, 2.45) is 11.3 Å². The van der Waals surface area contributed by atoms with Gasteiger partial charge in [0.15, 0.2) is 0 Å². The predicted molar refractivity (Wildman–Crippen MR) is 206 cm³/mol. The molecule has 0 aliphatic carbocycles. The number of cyclic esters (lactones) is 1. The molecule has 4 rings (SSSR count). The Balaban J connectivity index is 1.59. The van der Waals surface area contributed by atoms with E-state index in [0.29, 0.717) is 25.2 Å². The maximum absolute atomic E-state index is 14.1. The maximum atomic E-state index is 14.1. The quantitative estimate of drug-likeness (QED) is 0.143. The average Bonchev–Trinajstić information content (AvgIpc) is 3.14. The molecule has 0 aromatic heterocycles. The highest BCUT2D eigenvalue weighted by Crippen LogP contribution is 2.30. The Kier molecular flexibility index (Phi) is 14.2. The number of nitrogens with zero attached hydrogens (tertiary/aromatic N) is 1. The SMILES string of the molecule is CCNC(=O)[C@@H](NC(=O)[C@H](C)NC[C@H](Cc1ccccc1)NC(=O)c1cc(C(=O)N[C@H](C)c2ccccc2)cc(N2CC(C)(C)COC2=O)c1)C(C)C. The van der Waals surface area contributed by atoms with Crippen molar-refractivity contribution in [1.82, 2.24) is 26.6 Å². The molecule has 284 valence electrons. The number of nitrogens with one attached hydrogen (secondary N) is 5. The lowest BCUT2D eigenvalue weighted by atomic mass is 9.92. The third-order valence-electron chi connectivity index (χ3n) is 9.12. The van der Waals surface area contributed by atoms with Gasteiger partial charge in [0.1, 0.15) is 6.04 Å². The Morgan fingerprint density at radius 1 is 0.811 bits per heavy atom. The molecule has 4 atom stereocenters. The summed E-state index contributed by atoms with van der Waals surface area (Å²) in [5.41, 5.74) is 2.28. The van der Waals surface area contributed by atoms with Crippen LogP contribution in [-0.4, -0.2) is 74.1 Å². The number of amides is 5. The molecule has 5 N–H and O–H groups in total. The zero-order valence-electron chi connectivity index (χ0n) is 31.8. The van der Waals surface area contributed by atoms with E-state index >= 15 is 0 Å². The first-order valence-corrected chi connectivity index (χ1v) is 18.3. The Bertz CT molecular complexity index is 1730. The van der Waals surface area contributed by atoms with E-state index in [1.807, 2.05) is 102 Å². The van der Waals surface area contributed by atoms with Gasteiger partial charge >= 0.3 is 6.09 Å². The van der Waals surface area contributed by atoms with Gasteiger partial charge in [0.2, 0.25) is 11.8 Å². The van der Waals surface area contributed by atoms with Crippen LogP contribution in [0.25, 0.3) is 0 Å². The minimum atomic E-state index is -0.691. The zero-order valence-corrected chi connectivity index (χ0v) is 31.8. The normalized spacial score (nSPS) is 16.1. The number of ether oxygens (including phenoxy) is 1. The number of anilines is 1. The lowest BCUT2D eigenvalue weighted by Crippen LogP contribution is -2.55. The molecule has 1 aliphatic rings. The number of benzene rings is 3. The number of rotatable bonds is 16. The first kappa shape index (κ1) is 40.5. The van der Waals surface area contributed by atoms with Gasteiger partial charge in [0, 0.05) is 47.9 Å². The van der Waals surface area contributed by atoms with Gasteiger partial charge in [-0.3, -0.25) is 24.1 Å². The molecule has 53 heavy (non-hydrogen) atoms. The van der Waals surface area contributed by atoms with Gasteiger partial charge in [-0.25, -0.2) is 4.79 Å². The number of hydrogen-bond donors (Lipinski definition) is 5. The highest BCUT2D eigenvalue weighted by atomic mass is 16.6. The third-order valence-corrected chi connectivity index (χ3v) is 9.12. The van der Waals surface area contributed by atoms with E-state index in [0.717, 1.165) is 11.1 Å². The van der Waals surface area contributed by atoms with Crippen LogP contribution in [0.2, 0.25) is 0 Å². The van der Waals surface area contributed by atoms with Gasteiger partial charge in [-0.15, -0.1) is 0 Å². The molecular formula is C41H54N6O6. The summed E-state index contributed by atoms with van der Waals surface area (Å²) < 4.78 is 5.47. The molecule has 0 spiro atoms. The Morgan fingerprint density at radius 2 is 1.42 bits per heavy atom. The van der Waals surface area contributed by atoms with Crippen molar-refractivity contribution >= 4 is 35.4 Å². The maximum Gasteiger partial charge on any atom is 0.414 e. The largest absolute Gasteiger partial charge is 0.449 e. The van der Waals surface area contributed by atoms with Gasteiger partial charge in [-0.05, 0) is 62.4 Å². The topological polar surface area (TPSA) is 158 Å². The lowest BCUT2D eigenvalue weighted by Gasteiger charge is -2.37. The number of hydrogen-bond acceptors (Lipinski definition) is 7. The molecule has 0 bridgehead atoms. The van der Waals surface area contributed by atoms with Crippen LogP contribution in [0, 0.1) is 11.3 Å². The molecule has 3 aromatic rings. The van der Waals surface area contributed by atoms with Gasteiger partial charge in [-0.2, -0.15) is 0 Å². The van der Waals surface area contributed by atoms with E-state index in [1.54, 1.807) is 19.1 Å². The minimum absolute atomic E-state index is 0.120. The number of likely N-dealkylation sites (N-methyl/N-ethyl adjacent to an activating group) is 1. The monoisotopic (exact) mass is 726 g/mol. The van der Waals surface area contributed by atoms with Crippen LogP contribution < -0.4 is 31.5 Å². The summed E-state index contributed by atoms with van der Waals surface area (Å²) in [6.45, 7) is 14.3. The second kappa shape index (κ2) is 18.5. The van der Waals surface area contributed by atoms with E-state index in [1.165, 1.54) is 11.0 Å². The summed E-state index contributed by atoms with van der Waals surface area (Å²) in [6.07, 6.45) is -0.119. The van der Waals surface area contributed by atoms with Crippen molar-refractivity contribution in [3.63, 3.8) is 0 Å². The van der Waals surface area contributed by atoms with Gasteiger partial charge < -0.3 is 31.3 Å². The van der Waals surface area contributed by atoms with Gasteiger partial charge in [0.25, 0.3) is 11.8 Å². The van der Waals surface area contributed by atoms with E-state index in [9.17, 15) is 24.0 Å². The molecule has 5 amide bonds. The van der Waals surface area contributed by atoms with Crippen molar-refractivity contribution in [2.75, 3.05) is 31.1 Å². The molecule has 1 fully saturated rings. The molecule has 12 nitrogen and oxygen atoms in total. The van der Waals surface area contributed by atoms with Crippen LogP contribution in [-0.2, 0) is 20.7 Å². The first-order valence-electron chi connectivity index (χ1n) is 18.3. The Hall–Kier alpha value is -5.23. The molecule has 1 heterocycles. The molecule has 1 aliphatic heterocycles. The molecule has 0 unspecified atom stereocenters. The first-order chi connectivity index (χ1) is 25.2. The van der Waals surface area contributed by atoms with E-state index in [2.05, 4.69) is 26.6 Å². The van der Waals surface area contributed by atoms with Crippen molar-refractivity contribution in [2.45, 2.75) is 79.1 Å². The highest BCUT2D eigenvalue weighted by molar-refractivity contribution is 6.03. The third kappa shape index (κ3) is 11.6. The molecule has 0 radical (unpaired) electrons. The van der Waals surface area contributed by atoms with Crippen LogP contribution in [0.1, 0.15) is 86.4 Å². The molecule has 3 aromatic carbocycles. The lowest BCUT2D eigenvalue weighted by molar-refractivity contribution is -0.130. The fraction of sp³-hybridized carbons (Fsp3) is 0.439. The molecular weight excluding hydrogens is 672 g/mol. The second-order valence-electron chi connectivity index (χ2n) is 14.8. The van der Waals surface area contributed by atoms with Crippen LogP contribution in [0.15, 0.2) is 78.9 Å². The molecule has 12 heteroatoms. The van der Waals surface area contributed by atoms with Crippen molar-refractivity contribution in [3.05, 3.63) is 101 Å². The van der Waals surface area contributed by atoms with E-state index < -0.39 is 36.0 Å². The van der Waals surface area contributed by atoms with Crippen LogP contribution >= 0.6 is 0 Å². The molecule has 0 saturated carbocycles. The van der Waals surface area contributed by atoms with Crippen molar-refractivity contribution in [3.8, 4) is 0 Å². The van der Waals surface area contributed by atoms with Crippen LogP contribution in [0.5, 0.6) is 0 Å². The van der Waals surface area contributed by atoms with E-state index in [-0.39, 0.29) is 53.5 Å². The number of carbonyl (C=O) groups is 5. The Labute approximate surface area is 312 Å². The zero-order chi connectivity index (χ0) is 38.7. The van der Waals surface area contributed by atoms with Crippen LogP contribution in [0.4, 0.5) is 10.5 Å². The van der Waals surface area contributed by atoms with Gasteiger partial charge in [0.05, 0.1) is 18.7 Å². The number of carbonyl (C=O) groups excluding carboxylic acids is 5. The summed E-state index contributed by atoms with van der Waals surface area (Å²) in [4.78, 5) is 68.0. The smallest absolute Gasteiger partial charge is 0.414 e. The van der Waals surface area contributed by atoms with Crippen LogP contribution in [0.3, 0.4) is 0 Å². The standard InChI is InChI=1S/C41H54N6O6/c1-8-42-39(51)35(26(2)3)46-36(48)28(5)43-23-33(19-29-15-11-9-12-16-29)45-38(50)32-20-31(37(49)44-27(4)30-17-13-10-14-18-30)21-34(22-32)47-24-41(6,7)25-53-40(47)52/h9-18,20-22,26-28,33,35,43H,8,19,23-25H2,1-7H3,(H,42,51)(H,44,49)(H,45,50)(H,46,48)/t27-,28+,33+,35+/m1/s1. The fourth-order valence-corrected chi connectivity index (χ4v) is 6.05.